The van der Waals surface area contributed by atoms with Crippen LogP contribution in [-0.2, 0) is 11.3 Å². The molecule has 1 N–H and O–H groups in total. The Hall–Kier alpha value is -2.17. The van der Waals surface area contributed by atoms with Crippen molar-refractivity contribution >= 4 is 5.97 Å². The molecule has 0 bridgehead atoms. The molecular formula is C11H11N3O2. The summed E-state index contributed by atoms with van der Waals surface area (Å²) in [6.45, 7) is 0.424. The van der Waals surface area contributed by atoms with E-state index in [0.29, 0.717) is 6.54 Å². The third kappa shape index (κ3) is 2.25. The number of imidazole rings is 1. The largest absolute Gasteiger partial charge is 0.481 e. The number of carboxylic acid groups (broad SMARTS) is 1. The summed E-state index contributed by atoms with van der Waals surface area (Å²) in [5.74, 6) is -0.0435. The van der Waals surface area contributed by atoms with E-state index in [-0.39, 0.29) is 6.42 Å². The Bertz CT molecular complexity index is 479. The Morgan fingerprint density at radius 1 is 1.31 bits per heavy atom. The fraction of sp³-hybridized carbons (Fsp3) is 0.182. The van der Waals surface area contributed by atoms with Crippen LogP contribution in [0.3, 0.4) is 0 Å². The van der Waals surface area contributed by atoms with Gasteiger partial charge in [-0.15, -0.1) is 0 Å². The third-order valence-corrected chi connectivity index (χ3v) is 2.22. The molecule has 0 fully saturated rings. The molecule has 2 aromatic rings. The zero-order valence-corrected chi connectivity index (χ0v) is 8.58. The van der Waals surface area contributed by atoms with E-state index in [1.807, 2.05) is 16.7 Å². The quantitative estimate of drug-likeness (QED) is 0.840. The predicted molar refractivity (Wildman–Crippen MR) is 57.7 cm³/mol. The molecule has 0 radical (unpaired) electrons. The van der Waals surface area contributed by atoms with E-state index < -0.39 is 5.97 Å². The molecule has 0 aromatic carbocycles. The monoisotopic (exact) mass is 217 g/mol. The number of aromatic nitrogens is 3. The van der Waals surface area contributed by atoms with Crippen LogP contribution in [0.25, 0.3) is 11.4 Å². The molecule has 0 aliphatic heterocycles. The first-order valence-electron chi connectivity index (χ1n) is 4.90. The lowest BCUT2D eigenvalue weighted by Gasteiger charge is -2.05. The average molecular weight is 217 g/mol. The molecule has 0 atom stereocenters. The Morgan fingerprint density at radius 2 is 2.06 bits per heavy atom. The summed E-state index contributed by atoms with van der Waals surface area (Å²) in [7, 11) is 0. The molecule has 0 saturated carbocycles. The number of aryl methyl sites for hydroxylation is 1. The lowest BCUT2D eigenvalue weighted by Crippen LogP contribution is -2.05. The number of carbonyl (C=O) groups is 1. The topological polar surface area (TPSA) is 68.0 Å². The lowest BCUT2D eigenvalue weighted by atomic mass is 10.2. The van der Waals surface area contributed by atoms with Gasteiger partial charge in [0.2, 0.25) is 0 Å². The van der Waals surface area contributed by atoms with Gasteiger partial charge in [0.05, 0.1) is 6.42 Å². The summed E-state index contributed by atoms with van der Waals surface area (Å²) in [5.41, 5.74) is 0.936. The van der Waals surface area contributed by atoms with Crippen molar-refractivity contribution < 1.29 is 9.90 Å². The highest BCUT2D eigenvalue weighted by Gasteiger charge is 2.06. The van der Waals surface area contributed by atoms with Crippen molar-refractivity contribution in [2.75, 3.05) is 0 Å². The Morgan fingerprint density at radius 3 is 2.75 bits per heavy atom. The van der Waals surface area contributed by atoms with E-state index in [2.05, 4.69) is 9.97 Å². The Labute approximate surface area is 92.4 Å². The predicted octanol–water partition coefficient (Wildman–Crippen LogP) is 1.42. The molecule has 0 saturated heterocycles. The zero-order chi connectivity index (χ0) is 11.4. The summed E-state index contributed by atoms with van der Waals surface area (Å²) < 4.78 is 1.82. The number of nitrogens with zero attached hydrogens (tertiary/aromatic N) is 3. The van der Waals surface area contributed by atoms with Gasteiger partial charge in [0.25, 0.3) is 0 Å². The molecule has 0 aliphatic rings. The molecule has 5 heteroatoms. The standard InChI is InChI=1S/C11H11N3O2/c15-10(16)3-7-14-8-6-13-11(14)9-1-4-12-5-2-9/h1-2,4-6,8H,3,7H2,(H,15,16). The van der Waals surface area contributed by atoms with Gasteiger partial charge in [0.15, 0.2) is 0 Å². The van der Waals surface area contributed by atoms with Crippen molar-refractivity contribution in [2.24, 2.45) is 0 Å². The molecule has 0 aliphatic carbocycles. The first-order valence-corrected chi connectivity index (χ1v) is 4.90. The van der Waals surface area contributed by atoms with Gasteiger partial charge in [-0.1, -0.05) is 0 Å². The van der Waals surface area contributed by atoms with Gasteiger partial charge >= 0.3 is 5.97 Å². The van der Waals surface area contributed by atoms with Crippen molar-refractivity contribution in [3.05, 3.63) is 36.9 Å². The van der Waals surface area contributed by atoms with Gasteiger partial charge in [-0.05, 0) is 12.1 Å². The molecule has 0 amide bonds. The van der Waals surface area contributed by atoms with Crippen LogP contribution in [0, 0.1) is 0 Å². The van der Waals surface area contributed by atoms with Gasteiger partial charge in [0, 0.05) is 36.9 Å². The van der Waals surface area contributed by atoms with E-state index in [4.69, 9.17) is 5.11 Å². The minimum atomic E-state index is -0.811. The molecule has 2 rings (SSSR count). The van der Waals surface area contributed by atoms with Gasteiger partial charge < -0.3 is 9.67 Å². The van der Waals surface area contributed by atoms with E-state index in [9.17, 15) is 4.79 Å². The number of aliphatic carboxylic acids is 1. The summed E-state index contributed by atoms with van der Waals surface area (Å²) in [5, 5.41) is 8.63. The number of carboxylic acids is 1. The zero-order valence-electron chi connectivity index (χ0n) is 8.58. The van der Waals surface area contributed by atoms with E-state index in [1.54, 1.807) is 24.8 Å². The average Bonchev–Trinajstić information content (AvgIpc) is 2.75. The molecular weight excluding hydrogens is 206 g/mol. The van der Waals surface area contributed by atoms with Gasteiger partial charge in [-0.3, -0.25) is 9.78 Å². The highest BCUT2D eigenvalue weighted by Crippen LogP contribution is 2.16. The Balaban J connectivity index is 2.23. The van der Waals surface area contributed by atoms with Gasteiger partial charge in [-0.2, -0.15) is 0 Å². The highest BCUT2D eigenvalue weighted by atomic mass is 16.4. The maximum Gasteiger partial charge on any atom is 0.305 e. The molecule has 2 heterocycles. The van der Waals surface area contributed by atoms with Crippen LogP contribution < -0.4 is 0 Å². The van der Waals surface area contributed by atoms with Crippen LogP contribution in [0.15, 0.2) is 36.9 Å². The number of hydrogen-bond acceptors (Lipinski definition) is 3. The van der Waals surface area contributed by atoms with E-state index >= 15 is 0 Å². The number of pyridine rings is 1. The van der Waals surface area contributed by atoms with Crippen molar-refractivity contribution in [1.82, 2.24) is 14.5 Å². The normalized spacial score (nSPS) is 10.2. The fourth-order valence-electron chi connectivity index (χ4n) is 1.47. The number of rotatable bonds is 4. The minimum absolute atomic E-state index is 0.0917. The minimum Gasteiger partial charge on any atom is -0.481 e. The van der Waals surface area contributed by atoms with Gasteiger partial charge in [-0.25, -0.2) is 4.98 Å². The second-order valence-electron chi connectivity index (χ2n) is 3.32. The smallest absolute Gasteiger partial charge is 0.305 e. The van der Waals surface area contributed by atoms with Crippen LogP contribution >= 0.6 is 0 Å². The first kappa shape index (κ1) is 10.4. The first-order chi connectivity index (χ1) is 7.77. The summed E-state index contributed by atoms with van der Waals surface area (Å²) in [6.07, 6.45) is 6.90. The summed E-state index contributed by atoms with van der Waals surface area (Å²) >= 11 is 0. The fourth-order valence-corrected chi connectivity index (χ4v) is 1.47. The molecule has 5 nitrogen and oxygen atoms in total. The van der Waals surface area contributed by atoms with Crippen molar-refractivity contribution in [2.45, 2.75) is 13.0 Å². The maximum atomic E-state index is 10.5. The highest BCUT2D eigenvalue weighted by molar-refractivity contribution is 5.66. The van der Waals surface area contributed by atoms with Crippen LogP contribution in [0.5, 0.6) is 0 Å². The molecule has 82 valence electrons. The summed E-state index contributed by atoms with van der Waals surface area (Å²) in [4.78, 5) is 18.6. The maximum absolute atomic E-state index is 10.5. The van der Waals surface area contributed by atoms with Crippen LogP contribution in [0.4, 0.5) is 0 Å². The molecule has 16 heavy (non-hydrogen) atoms. The third-order valence-electron chi connectivity index (χ3n) is 2.22. The lowest BCUT2D eigenvalue weighted by molar-refractivity contribution is -0.137. The second-order valence-corrected chi connectivity index (χ2v) is 3.32. The van der Waals surface area contributed by atoms with Crippen LogP contribution in [-0.4, -0.2) is 25.6 Å². The van der Waals surface area contributed by atoms with Crippen molar-refractivity contribution in [3.63, 3.8) is 0 Å². The molecule has 0 unspecified atom stereocenters. The van der Waals surface area contributed by atoms with E-state index in [1.165, 1.54) is 0 Å². The van der Waals surface area contributed by atoms with Crippen LogP contribution in [0.1, 0.15) is 6.42 Å². The van der Waals surface area contributed by atoms with Gasteiger partial charge in [0.1, 0.15) is 5.82 Å². The summed E-state index contributed by atoms with van der Waals surface area (Å²) in [6, 6.07) is 3.69. The molecule has 0 spiro atoms. The van der Waals surface area contributed by atoms with Crippen molar-refractivity contribution in [1.29, 1.82) is 0 Å². The Kier molecular flexibility index (Phi) is 2.95. The number of hydrogen-bond donors (Lipinski definition) is 1. The van der Waals surface area contributed by atoms with E-state index in [0.717, 1.165) is 11.4 Å². The SMILES string of the molecule is O=C(O)CCn1ccnc1-c1ccncc1. The second kappa shape index (κ2) is 4.57. The van der Waals surface area contributed by atoms with Crippen molar-refractivity contribution in [3.8, 4) is 11.4 Å². The molecule has 2 aromatic heterocycles. The van der Waals surface area contributed by atoms with Crippen LogP contribution in [0.2, 0.25) is 0 Å².